The monoisotopic (exact) mass is 359 g/mol. The molecule has 0 atom stereocenters. The van der Waals surface area contributed by atoms with E-state index >= 15 is 0 Å². The highest BCUT2D eigenvalue weighted by molar-refractivity contribution is 7.14. The van der Waals surface area contributed by atoms with Crippen molar-refractivity contribution in [2.24, 2.45) is 0 Å². The van der Waals surface area contributed by atoms with Crippen LogP contribution in [0.5, 0.6) is 5.75 Å². The van der Waals surface area contributed by atoms with E-state index in [0.717, 1.165) is 12.2 Å². The maximum atomic E-state index is 12.0. The Morgan fingerprint density at radius 2 is 2.16 bits per heavy atom. The SMILES string of the molecule is Cc1ccc(OCCNC(=O)Cc2csc(N3CCCC3=O)n2)cc1. The van der Waals surface area contributed by atoms with E-state index in [4.69, 9.17) is 4.74 Å². The summed E-state index contributed by atoms with van der Waals surface area (Å²) in [6.07, 6.45) is 1.66. The average molecular weight is 359 g/mol. The summed E-state index contributed by atoms with van der Waals surface area (Å²) in [4.78, 5) is 29.8. The molecule has 1 N–H and O–H groups in total. The zero-order valence-electron chi connectivity index (χ0n) is 14.2. The van der Waals surface area contributed by atoms with Gasteiger partial charge in [-0.3, -0.25) is 14.5 Å². The van der Waals surface area contributed by atoms with E-state index in [1.165, 1.54) is 16.9 Å². The largest absolute Gasteiger partial charge is 0.492 e. The zero-order chi connectivity index (χ0) is 17.6. The Balaban J connectivity index is 1.40. The van der Waals surface area contributed by atoms with Crippen LogP contribution in [0.4, 0.5) is 5.13 Å². The van der Waals surface area contributed by atoms with Crippen molar-refractivity contribution in [3.05, 3.63) is 40.9 Å². The molecule has 7 heteroatoms. The molecule has 1 aliphatic heterocycles. The van der Waals surface area contributed by atoms with E-state index in [1.54, 1.807) is 4.90 Å². The molecule has 0 saturated carbocycles. The molecule has 2 amide bonds. The van der Waals surface area contributed by atoms with Crippen molar-refractivity contribution in [1.82, 2.24) is 10.3 Å². The molecule has 0 unspecified atom stereocenters. The van der Waals surface area contributed by atoms with Gasteiger partial charge in [-0.05, 0) is 25.5 Å². The van der Waals surface area contributed by atoms with Crippen LogP contribution in [0.3, 0.4) is 0 Å². The molecule has 3 rings (SSSR count). The number of hydrogen-bond donors (Lipinski definition) is 1. The zero-order valence-corrected chi connectivity index (χ0v) is 15.0. The van der Waals surface area contributed by atoms with Crippen molar-refractivity contribution in [2.75, 3.05) is 24.6 Å². The number of benzene rings is 1. The van der Waals surface area contributed by atoms with Crippen molar-refractivity contribution in [2.45, 2.75) is 26.2 Å². The molecule has 25 heavy (non-hydrogen) atoms. The number of rotatable bonds is 7. The van der Waals surface area contributed by atoms with Gasteiger partial charge in [0, 0.05) is 18.3 Å². The minimum Gasteiger partial charge on any atom is -0.492 e. The summed E-state index contributed by atoms with van der Waals surface area (Å²) >= 11 is 1.41. The topological polar surface area (TPSA) is 71.5 Å². The van der Waals surface area contributed by atoms with Crippen LogP contribution in [-0.2, 0) is 16.0 Å². The lowest BCUT2D eigenvalue weighted by molar-refractivity contribution is -0.120. The third-order valence-electron chi connectivity index (χ3n) is 3.90. The molecule has 0 aliphatic carbocycles. The second-order valence-corrected chi connectivity index (χ2v) is 6.80. The first-order chi connectivity index (χ1) is 12.1. The van der Waals surface area contributed by atoms with Gasteiger partial charge in [0.25, 0.3) is 0 Å². The van der Waals surface area contributed by atoms with Crippen LogP contribution < -0.4 is 15.0 Å². The first-order valence-electron chi connectivity index (χ1n) is 8.33. The van der Waals surface area contributed by atoms with E-state index in [-0.39, 0.29) is 18.2 Å². The van der Waals surface area contributed by atoms with Crippen LogP contribution in [0.2, 0.25) is 0 Å². The van der Waals surface area contributed by atoms with Gasteiger partial charge in [-0.1, -0.05) is 17.7 Å². The van der Waals surface area contributed by atoms with Crippen molar-refractivity contribution >= 4 is 28.3 Å². The summed E-state index contributed by atoms with van der Waals surface area (Å²) in [5.74, 6) is 0.801. The smallest absolute Gasteiger partial charge is 0.228 e. The molecule has 0 radical (unpaired) electrons. The predicted octanol–water partition coefficient (Wildman–Crippen LogP) is 2.32. The average Bonchev–Trinajstić information content (AvgIpc) is 3.22. The number of aryl methyl sites for hydroxylation is 1. The molecule has 1 aromatic carbocycles. The molecule has 1 fully saturated rings. The Bertz CT molecular complexity index is 742. The number of carbonyl (C=O) groups is 2. The van der Waals surface area contributed by atoms with Crippen LogP contribution in [0, 0.1) is 6.92 Å². The van der Waals surface area contributed by atoms with E-state index in [9.17, 15) is 9.59 Å². The number of carbonyl (C=O) groups excluding carboxylic acids is 2. The van der Waals surface area contributed by atoms with Crippen molar-refractivity contribution < 1.29 is 14.3 Å². The molecule has 0 spiro atoms. The predicted molar refractivity (Wildman–Crippen MR) is 97.1 cm³/mol. The van der Waals surface area contributed by atoms with E-state index in [2.05, 4.69) is 10.3 Å². The fraction of sp³-hybridized carbons (Fsp3) is 0.389. The molecule has 6 nitrogen and oxygen atoms in total. The number of amides is 2. The fourth-order valence-electron chi connectivity index (χ4n) is 2.57. The Labute approximate surface area is 150 Å². The molecule has 132 valence electrons. The lowest BCUT2D eigenvalue weighted by atomic mass is 10.2. The van der Waals surface area contributed by atoms with Crippen LogP contribution >= 0.6 is 11.3 Å². The number of hydrogen-bond acceptors (Lipinski definition) is 5. The van der Waals surface area contributed by atoms with Crippen LogP contribution in [0.1, 0.15) is 24.1 Å². The van der Waals surface area contributed by atoms with Crippen molar-refractivity contribution in [1.29, 1.82) is 0 Å². The molecular weight excluding hydrogens is 338 g/mol. The van der Waals surface area contributed by atoms with Gasteiger partial charge >= 0.3 is 0 Å². The Morgan fingerprint density at radius 3 is 2.88 bits per heavy atom. The highest BCUT2D eigenvalue weighted by atomic mass is 32.1. The normalized spacial score (nSPS) is 14.0. The third kappa shape index (κ3) is 4.79. The summed E-state index contributed by atoms with van der Waals surface area (Å²) in [5, 5.41) is 5.35. The minimum atomic E-state index is -0.0999. The van der Waals surface area contributed by atoms with Gasteiger partial charge in [-0.2, -0.15) is 0 Å². The molecule has 1 aliphatic rings. The van der Waals surface area contributed by atoms with Gasteiger partial charge in [-0.15, -0.1) is 11.3 Å². The highest BCUT2D eigenvalue weighted by Crippen LogP contribution is 2.25. The lowest BCUT2D eigenvalue weighted by Crippen LogP contribution is -2.29. The molecular formula is C18H21N3O3S. The number of anilines is 1. The number of nitrogens with one attached hydrogen (secondary N) is 1. The number of nitrogens with zero attached hydrogens (tertiary/aromatic N) is 2. The number of aromatic nitrogens is 1. The number of ether oxygens (including phenoxy) is 1. The maximum Gasteiger partial charge on any atom is 0.228 e. The summed E-state index contributed by atoms with van der Waals surface area (Å²) in [5.41, 5.74) is 1.87. The third-order valence-corrected chi connectivity index (χ3v) is 4.81. The second-order valence-electron chi connectivity index (χ2n) is 5.96. The van der Waals surface area contributed by atoms with E-state index < -0.39 is 0 Å². The molecule has 2 aromatic rings. The van der Waals surface area contributed by atoms with Crippen LogP contribution in [-0.4, -0.2) is 36.5 Å². The van der Waals surface area contributed by atoms with Gasteiger partial charge in [0.2, 0.25) is 11.8 Å². The Morgan fingerprint density at radius 1 is 1.36 bits per heavy atom. The van der Waals surface area contributed by atoms with Gasteiger partial charge in [0.15, 0.2) is 5.13 Å². The minimum absolute atomic E-state index is 0.0999. The highest BCUT2D eigenvalue weighted by Gasteiger charge is 2.24. The Kier molecular flexibility index (Phi) is 5.65. The summed E-state index contributed by atoms with van der Waals surface area (Å²) in [6, 6.07) is 7.79. The lowest BCUT2D eigenvalue weighted by Gasteiger charge is -2.10. The molecule has 1 saturated heterocycles. The summed E-state index contributed by atoms with van der Waals surface area (Å²) in [6.45, 7) is 3.59. The van der Waals surface area contributed by atoms with Gasteiger partial charge in [-0.25, -0.2) is 4.98 Å². The van der Waals surface area contributed by atoms with Crippen LogP contribution in [0.15, 0.2) is 29.6 Å². The fourth-order valence-corrected chi connectivity index (χ4v) is 3.44. The molecule has 2 heterocycles. The Hall–Kier alpha value is -2.41. The first kappa shape index (κ1) is 17.4. The van der Waals surface area contributed by atoms with E-state index in [0.29, 0.717) is 36.9 Å². The quantitative estimate of drug-likeness (QED) is 0.770. The molecule has 1 aromatic heterocycles. The van der Waals surface area contributed by atoms with Crippen molar-refractivity contribution in [3.8, 4) is 5.75 Å². The summed E-state index contributed by atoms with van der Waals surface area (Å²) < 4.78 is 5.57. The number of thiazole rings is 1. The second kappa shape index (κ2) is 8.11. The van der Waals surface area contributed by atoms with Gasteiger partial charge in [0.1, 0.15) is 12.4 Å². The first-order valence-corrected chi connectivity index (χ1v) is 9.21. The standard InChI is InChI=1S/C18H21N3O3S/c1-13-4-6-15(7-5-13)24-10-8-19-16(22)11-14-12-25-18(20-14)21-9-2-3-17(21)23/h4-7,12H,2-3,8-11H2,1H3,(H,19,22). The van der Waals surface area contributed by atoms with Gasteiger partial charge < -0.3 is 10.1 Å². The van der Waals surface area contributed by atoms with E-state index in [1.807, 2.05) is 36.6 Å². The maximum absolute atomic E-state index is 12.0. The summed E-state index contributed by atoms with van der Waals surface area (Å²) in [7, 11) is 0. The molecule has 0 bridgehead atoms. The van der Waals surface area contributed by atoms with Gasteiger partial charge in [0.05, 0.1) is 18.7 Å². The van der Waals surface area contributed by atoms with Crippen molar-refractivity contribution in [3.63, 3.8) is 0 Å². The van der Waals surface area contributed by atoms with Crippen LogP contribution in [0.25, 0.3) is 0 Å².